The van der Waals surface area contributed by atoms with Gasteiger partial charge in [-0.3, -0.25) is 0 Å². The molecule has 2 aliphatic heterocycles. The Hall–Kier alpha value is -0.900. The van der Waals surface area contributed by atoms with Crippen LogP contribution in [0.5, 0.6) is 0 Å². The fourth-order valence-electron chi connectivity index (χ4n) is 3.82. The van der Waals surface area contributed by atoms with Crippen LogP contribution in [0.1, 0.15) is 44.3 Å². The summed E-state index contributed by atoms with van der Waals surface area (Å²) in [5.74, 6) is 0.781. The molecule has 2 saturated heterocycles. The van der Waals surface area contributed by atoms with Crippen molar-refractivity contribution < 1.29 is 14.6 Å². The second-order valence-electron chi connectivity index (χ2n) is 6.61. The molecular formula is C18H26O3. The fraction of sp³-hybridized carbons (Fsp3) is 0.667. The van der Waals surface area contributed by atoms with Crippen LogP contribution < -0.4 is 0 Å². The monoisotopic (exact) mass is 290 g/mol. The Kier molecular flexibility index (Phi) is 4.63. The van der Waals surface area contributed by atoms with Crippen molar-refractivity contribution in [3.63, 3.8) is 0 Å². The average molecular weight is 290 g/mol. The maximum atomic E-state index is 10.7. The Balaban J connectivity index is 1.68. The van der Waals surface area contributed by atoms with E-state index >= 15 is 0 Å². The van der Waals surface area contributed by atoms with E-state index in [-0.39, 0.29) is 17.6 Å². The molecule has 2 aliphatic rings. The molecule has 0 amide bonds. The predicted molar refractivity (Wildman–Crippen MR) is 82.0 cm³/mol. The summed E-state index contributed by atoms with van der Waals surface area (Å²) < 4.78 is 11.6. The lowest BCUT2D eigenvalue weighted by Crippen LogP contribution is -2.46. The zero-order valence-electron chi connectivity index (χ0n) is 12.8. The molecule has 3 heteroatoms. The molecule has 0 aromatic heterocycles. The summed E-state index contributed by atoms with van der Waals surface area (Å²) in [6, 6.07) is 10.0. The van der Waals surface area contributed by atoms with Crippen LogP contribution in [0.4, 0.5) is 0 Å². The molecule has 3 unspecified atom stereocenters. The molecule has 3 atom stereocenters. The predicted octanol–water partition coefficient (Wildman–Crippen LogP) is 3.33. The summed E-state index contributed by atoms with van der Waals surface area (Å²) >= 11 is 0. The van der Waals surface area contributed by atoms with Gasteiger partial charge in [-0.15, -0.1) is 0 Å². The molecule has 0 saturated carbocycles. The van der Waals surface area contributed by atoms with E-state index in [0.29, 0.717) is 5.92 Å². The van der Waals surface area contributed by atoms with Crippen LogP contribution in [-0.4, -0.2) is 30.5 Å². The first kappa shape index (κ1) is 15.0. The zero-order valence-corrected chi connectivity index (χ0v) is 12.8. The van der Waals surface area contributed by atoms with Crippen LogP contribution in [-0.2, 0) is 9.47 Å². The van der Waals surface area contributed by atoms with Crippen LogP contribution in [0, 0.1) is 11.8 Å². The number of ether oxygens (including phenoxy) is 2. The lowest BCUT2D eigenvalue weighted by atomic mass is 9.73. The van der Waals surface area contributed by atoms with E-state index in [1.165, 1.54) is 0 Å². The van der Waals surface area contributed by atoms with Crippen LogP contribution in [0.25, 0.3) is 0 Å². The Morgan fingerprint density at radius 1 is 1.14 bits per heavy atom. The topological polar surface area (TPSA) is 38.7 Å². The third kappa shape index (κ3) is 3.31. The third-order valence-electron chi connectivity index (χ3n) is 5.32. The number of hydrogen-bond acceptors (Lipinski definition) is 3. The number of aliphatic hydroxyl groups excluding tert-OH is 1. The Labute approximate surface area is 127 Å². The minimum atomic E-state index is -0.383. The highest BCUT2D eigenvalue weighted by molar-refractivity contribution is 5.18. The molecular weight excluding hydrogens is 264 g/mol. The van der Waals surface area contributed by atoms with Gasteiger partial charge >= 0.3 is 0 Å². The molecule has 1 N–H and O–H groups in total. The summed E-state index contributed by atoms with van der Waals surface area (Å²) in [5.41, 5.74) is 1.03. The van der Waals surface area contributed by atoms with Crippen molar-refractivity contribution in [1.82, 2.24) is 0 Å². The molecule has 116 valence electrons. The fourth-order valence-corrected chi connectivity index (χ4v) is 3.82. The van der Waals surface area contributed by atoms with Gasteiger partial charge in [0.05, 0.1) is 11.7 Å². The van der Waals surface area contributed by atoms with Crippen LogP contribution in [0.15, 0.2) is 30.3 Å². The van der Waals surface area contributed by atoms with Crippen molar-refractivity contribution in [2.75, 3.05) is 19.8 Å². The van der Waals surface area contributed by atoms with E-state index in [4.69, 9.17) is 9.47 Å². The Morgan fingerprint density at radius 2 is 1.86 bits per heavy atom. The van der Waals surface area contributed by atoms with Gasteiger partial charge in [0.25, 0.3) is 0 Å². The van der Waals surface area contributed by atoms with E-state index in [2.05, 4.69) is 6.92 Å². The van der Waals surface area contributed by atoms with Crippen molar-refractivity contribution in [3.8, 4) is 0 Å². The first-order valence-electron chi connectivity index (χ1n) is 8.15. The smallest absolute Gasteiger partial charge is 0.0818 e. The van der Waals surface area contributed by atoms with Gasteiger partial charge in [-0.1, -0.05) is 37.3 Å². The van der Waals surface area contributed by atoms with Gasteiger partial charge in [-0.2, -0.15) is 0 Å². The molecule has 2 fully saturated rings. The minimum Gasteiger partial charge on any atom is -0.388 e. The zero-order chi connectivity index (χ0) is 14.7. The molecule has 1 spiro atoms. The van der Waals surface area contributed by atoms with E-state index in [9.17, 15) is 5.11 Å². The maximum absolute atomic E-state index is 10.7. The average Bonchev–Trinajstić information content (AvgIpc) is 2.55. The first-order chi connectivity index (χ1) is 10.2. The lowest BCUT2D eigenvalue weighted by Gasteiger charge is -2.45. The van der Waals surface area contributed by atoms with E-state index in [0.717, 1.165) is 51.1 Å². The molecule has 3 nitrogen and oxygen atoms in total. The third-order valence-corrected chi connectivity index (χ3v) is 5.32. The molecule has 1 aromatic rings. The minimum absolute atomic E-state index is 0.00579. The highest BCUT2D eigenvalue weighted by Crippen LogP contribution is 2.42. The highest BCUT2D eigenvalue weighted by Gasteiger charge is 2.41. The van der Waals surface area contributed by atoms with Gasteiger partial charge in [-0.25, -0.2) is 0 Å². The van der Waals surface area contributed by atoms with E-state index in [1.807, 2.05) is 30.3 Å². The van der Waals surface area contributed by atoms with Gasteiger partial charge in [-0.05, 0) is 43.1 Å². The normalized spacial score (nSPS) is 28.2. The number of hydrogen-bond donors (Lipinski definition) is 1. The standard InChI is InChI=1S/C18H26O3/c1-14(17(19)15-5-3-2-4-6-15)16-7-10-21-18(13-16)8-11-20-12-9-18/h2-6,14,16-17,19H,7-13H2,1H3. The number of benzene rings is 1. The molecule has 0 bridgehead atoms. The second-order valence-corrected chi connectivity index (χ2v) is 6.61. The molecule has 3 rings (SSSR count). The van der Waals surface area contributed by atoms with Crippen molar-refractivity contribution in [2.24, 2.45) is 11.8 Å². The van der Waals surface area contributed by atoms with Crippen LogP contribution in [0.3, 0.4) is 0 Å². The van der Waals surface area contributed by atoms with Crippen molar-refractivity contribution >= 4 is 0 Å². The molecule has 21 heavy (non-hydrogen) atoms. The summed E-state index contributed by atoms with van der Waals surface area (Å²) in [6.45, 7) is 4.61. The van der Waals surface area contributed by atoms with Gasteiger partial charge in [0, 0.05) is 19.8 Å². The Bertz CT molecular complexity index is 434. The van der Waals surface area contributed by atoms with Crippen molar-refractivity contribution in [2.45, 2.75) is 44.3 Å². The SMILES string of the molecule is CC(C1CCOC2(CCOCC2)C1)C(O)c1ccccc1. The Morgan fingerprint density at radius 3 is 2.57 bits per heavy atom. The maximum Gasteiger partial charge on any atom is 0.0818 e. The largest absolute Gasteiger partial charge is 0.388 e. The van der Waals surface area contributed by atoms with Gasteiger partial charge < -0.3 is 14.6 Å². The molecule has 2 heterocycles. The van der Waals surface area contributed by atoms with Crippen LogP contribution in [0.2, 0.25) is 0 Å². The van der Waals surface area contributed by atoms with Gasteiger partial charge in [0.15, 0.2) is 0 Å². The van der Waals surface area contributed by atoms with Gasteiger partial charge in [0.2, 0.25) is 0 Å². The van der Waals surface area contributed by atoms with Crippen molar-refractivity contribution in [1.29, 1.82) is 0 Å². The first-order valence-corrected chi connectivity index (χ1v) is 8.15. The quantitative estimate of drug-likeness (QED) is 0.928. The summed E-state index contributed by atoms with van der Waals surface area (Å²) in [7, 11) is 0. The highest BCUT2D eigenvalue weighted by atomic mass is 16.5. The summed E-state index contributed by atoms with van der Waals surface area (Å²) in [6.07, 6.45) is 3.72. The molecule has 0 radical (unpaired) electrons. The molecule has 0 aliphatic carbocycles. The number of rotatable bonds is 3. The van der Waals surface area contributed by atoms with E-state index in [1.54, 1.807) is 0 Å². The van der Waals surface area contributed by atoms with Crippen LogP contribution >= 0.6 is 0 Å². The van der Waals surface area contributed by atoms with Gasteiger partial charge in [0.1, 0.15) is 0 Å². The number of aliphatic hydroxyl groups is 1. The molecule has 1 aromatic carbocycles. The summed E-state index contributed by atoms with van der Waals surface area (Å²) in [5, 5.41) is 10.7. The second kappa shape index (κ2) is 6.47. The lowest BCUT2D eigenvalue weighted by molar-refractivity contribution is -0.156. The van der Waals surface area contributed by atoms with E-state index < -0.39 is 0 Å². The van der Waals surface area contributed by atoms with Crippen molar-refractivity contribution in [3.05, 3.63) is 35.9 Å². The summed E-state index contributed by atoms with van der Waals surface area (Å²) in [4.78, 5) is 0.